The van der Waals surface area contributed by atoms with E-state index in [1.165, 1.54) is 24.3 Å². The molecule has 10 nitrogen and oxygen atoms in total. The van der Waals surface area contributed by atoms with Gasteiger partial charge >= 0.3 is 0 Å². The molecule has 0 spiro atoms. The van der Waals surface area contributed by atoms with E-state index in [2.05, 4.69) is 36.2 Å². The smallest absolute Gasteiger partial charge is 0.251 e. The lowest BCUT2D eigenvalue weighted by Crippen LogP contribution is -2.27. The molecule has 1 amide bonds. The minimum atomic E-state index is -0.325. The molecule has 0 aliphatic heterocycles. The number of halogens is 2. The Morgan fingerprint density at radius 3 is 1.90 bits per heavy atom. The Morgan fingerprint density at radius 1 is 0.619 bits per heavy atom. The van der Waals surface area contributed by atoms with Gasteiger partial charge < -0.3 is 30.7 Å². The third kappa shape index (κ3) is 10.7. The van der Waals surface area contributed by atoms with Gasteiger partial charge in [-0.3, -0.25) is 4.79 Å². The highest BCUT2D eigenvalue weighted by Gasteiger charge is 2.08. The molecule has 0 saturated heterocycles. The normalized spacial score (nSPS) is 10.7. The van der Waals surface area contributed by atoms with Gasteiger partial charge in [0.15, 0.2) is 0 Å². The van der Waals surface area contributed by atoms with E-state index in [0.717, 1.165) is 11.1 Å². The zero-order valence-electron chi connectivity index (χ0n) is 23.0. The number of carbonyl (C=O) groups excluding carboxylic acids is 1. The summed E-state index contributed by atoms with van der Waals surface area (Å²) in [7, 11) is 0. The summed E-state index contributed by atoms with van der Waals surface area (Å²) in [6.07, 6.45) is 0. The molecule has 0 aliphatic rings. The lowest BCUT2D eigenvalue weighted by Gasteiger charge is -2.12. The second-order valence-electron chi connectivity index (χ2n) is 9.04. The molecular formula is C30H33F2N7O3. The fourth-order valence-electron chi connectivity index (χ4n) is 3.71. The van der Waals surface area contributed by atoms with Crippen molar-refractivity contribution in [2.75, 3.05) is 55.5 Å². The Kier molecular flexibility index (Phi) is 11.9. The van der Waals surface area contributed by atoms with Gasteiger partial charge in [0.1, 0.15) is 11.6 Å². The van der Waals surface area contributed by atoms with Gasteiger partial charge in [0.25, 0.3) is 5.91 Å². The second-order valence-corrected chi connectivity index (χ2v) is 9.04. The van der Waals surface area contributed by atoms with Crippen LogP contribution in [0.15, 0.2) is 78.9 Å². The van der Waals surface area contributed by atoms with E-state index in [1.807, 2.05) is 18.2 Å². The van der Waals surface area contributed by atoms with Gasteiger partial charge in [-0.1, -0.05) is 42.5 Å². The zero-order chi connectivity index (χ0) is 29.4. The molecule has 0 radical (unpaired) electrons. The molecule has 220 valence electrons. The summed E-state index contributed by atoms with van der Waals surface area (Å²) in [5.41, 5.74) is 2.20. The van der Waals surface area contributed by atoms with Crippen molar-refractivity contribution >= 4 is 23.8 Å². The molecule has 0 saturated carbocycles. The van der Waals surface area contributed by atoms with Crippen LogP contribution in [-0.4, -0.2) is 60.4 Å². The van der Waals surface area contributed by atoms with E-state index in [-0.39, 0.29) is 17.5 Å². The zero-order valence-corrected chi connectivity index (χ0v) is 23.0. The van der Waals surface area contributed by atoms with E-state index in [9.17, 15) is 13.6 Å². The minimum Gasteiger partial charge on any atom is -0.377 e. The monoisotopic (exact) mass is 577 g/mol. The summed E-state index contributed by atoms with van der Waals surface area (Å²) in [4.78, 5) is 25.2. The molecule has 4 rings (SSSR count). The van der Waals surface area contributed by atoms with Crippen LogP contribution < -0.4 is 21.3 Å². The molecule has 12 heteroatoms. The number of hydrogen-bond acceptors (Lipinski definition) is 9. The molecule has 0 fully saturated rings. The van der Waals surface area contributed by atoms with Crippen LogP contribution >= 0.6 is 0 Å². The topological polar surface area (TPSA) is 122 Å². The van der Waals surface area contributed by atoms with Gasteiger partial charge in [0.2, 0.25) is 17.8 Å². The molecule has 42 heavy (non-hydrogen) atoms. The van der Waals surface area contributed by atoms with Crippen molar-refractivity contribution < 1.29 is 23.0 Å². The summed E-state index contributed by atoms with van der Waals surface area (Å²) in [6, 6.07) is 21.4. The quantitative estimate of drug-likeness (QED) is 0.137. The third-order valence-electron chi connectivity index (χ3n) is 5.81. The van der Waals surface area contributed by atoms with E-state index in [4.69, 9.17) is 9.47 Å². The van der Waals surface area contributed by atoms with Crippen molar-refractivity contribution in [3.63, 3.8) is 0 Å². The number of nitrogens with one attached hydrogen (secondary N) is 4. The summed E-state index contributed by atoms with van der Waals surface area (Å²) < 4.78 is 37.9. The molecule has 1 heterocycles. The van der Waals surface area contributed by atoms with Crippen molar-refractivity contribution in [3.8, 4) is 0 Å². The van der Waals surface area contributed by atoms with Crippen molar-refractivity contribution in [1.82, 2.24) is 20.3 Å². The maximum atomic E-state index is 13.6. The van der Waals surface area contributed by atoms with Gasteiger partial charge in [-0.05, 0) is 47.5 Å². The number of ether oxygens (including phenoxy) is 2. The number of amides is 1. The molecule has 4 aromatic rings. The molecule has 1 aromatic heterocycles. The number of nitrogens with zero attached hydrogens (tertiary/aromatic N) is 3. The second kappa shape index (κ2) is 16.6. The minimum absolute atomic E-state index is 0.138. The van der Waals surface area contributed by atoms with Gasteiger partial charge in [-0.2, -0.15) is 15.0 Å². The Morgan fingerprint density at radius 2 is 1.24 bits per heavy atom. The molecule has 3 aromatic carbocycles. The Labute approximate surface area is 242 Å². The average molecular weight is 578 g/mol. The van der Waals surface area contributed by atoms with Gasteiger partial charge in [-0.15, -0.1) is 0 Å². The number of rotatable bonds is 17. The van der Waals surface area contributed by atoms with Crippen LogP contribution in [-0.2, 0) is 22.6 Å². The van der Waals surface area contributed by atoms with Crippen LogP contribution in [0.2, 0.25) is 0 Å². The fourth-order valence-corrected chi connectivity index (χ4v) is 3.71. The van der Waals surface area contributed by atoms with E-state index in [0.29, 0.717) is 76.0 Å². The summed E-state index contributed by atoms with van der Waals surface area (Å²) in [5, 5.41) is 12.1. The first-order valence-corrected chi connectivity index (χ1v) is 13.5. The fraction of sp³-hybridized carbons (Fsp3) is 0.267. The largest absolute Gasteiger partial charge is 0.377 e. The van der Waals surface area contributed by atoms with Gasteiger partial charge in [0, 0.05) is 31.7 Å². The van der Waals surface area contributed by atoms with Crippen molar-refractivity contribution in [3.05, 3.63) is 107 Å². The van der Waals surface area contributed by atoms with Crippen LogP contribution in [0.3, 0.4) is 0 Å². The molecular weight excluding hydrogens is 544 g/mol. The lowest BCUT2D eigenvalue weighted by atomic mass is 10.2. The van der Waals surface area contributed by atoms with Crippen LogP contribution in [0.4, 0.5) is 26.6 Å². The van der Waals surface area contributed by atoms with Crippen LogP contribution in [0.1, 0.15) is 21.5 Å². The number of benzene rings is 3. The highest BCUT2D eigenvalue weighted by molar-refractivity contribution is 5.94. The van der Waals surface area contributed by atoms with E-state index < -0.39 is 0 Å². The first-order valence-electron chi connectivity index (χ1n) is 13.5. The third-order valence-corrected chi connectivity index (χ3v) is 5.81. The molecule has 0 unspecified atom stereocenters. The number of hydrogen-bond donors (Lipinski definition) is 4. The SMILES string of the molecule is O=C(NCCOCCOCCNc1nc(NCc2ccc(F)cc2)nc(NCc2cccc(F)c2)n1)c1ccccc1. The van der Waals surface area contributed by atoms with Crippen LogP contribution in [0.25, 0.3) is 0 Å². The standard InChI is InChI=1S/C30H33F2N7O3/c31-25-11-9-22(10-12-25)20-35-29-37-28(38-30(39-29)36-21-23-5-4-8-26(32)19-23)34-14-16-42-18-17-41-15-13-33-27(40)24-6-2-1-3-7-24/h1-12,19H,13-18,20-21H2,(H,33,40)(H3,34,35,36,37,38,39). The van der Waals surface area contributed by atoms with Crippen LogP contribution in [0, 0.1) is 11.6 Å². The van der Waals surface area contributed by atoms with E-state index in [1.54, 1.807) is 36.4 Å². The average Bonchev–Trinajstić information content (AvgIpc) is 3.01. The Bertz CT molecular complexity index is 1400. The van der Waals surface area contributed by atoms with Crippen molar-refractivity contribution in [2.24, 2.45) is 0 Å². The molecule has 0 bridgehead atoms. The Balaban J connectivity index is 1.19. The molecule has 4 N–H and O–H groups in total. The highest BCUT2D eigenvalue weighted by atomic mass is 19.1. The summed E-state index contributed by atoms with van der Waals surface area (Å²) in [5.74, 6) is 0.159. The maximum Gasteiger partial charge on any atom is 0.251 e. The first kappa shape index (κ1) is 30.3. The van der Waals surface area contributed by atoms with Gasteiger partial charge in [-0.25, -0.2) is 8.78 Å². The maximum absolute atomic E-state index is 13.6. The van der Waals surface area contributed by atoms with Crippen molar-refractivity contribution in [2.45, 2.75) is 13.1 Å². The predicted octanol–water partition coefficient (Wildman–Crippen LogP) is 4.25. The number of aromatic nitrogens is 3. The summed E-state index contributed by atoms with van der Waals surface area (Å²) >= 11 is 0. The number of carbonyl (C=O) groups is 1. The summed E-state index contributed by atoms with van der Waals surface area (Å²) in [6.45, 7) is 3.06. The highest BCUT2D eigenvalue weighted by Crippen LogP contribution is 2.13. The lowest BCUT2D eigenvalue weighted by molar-refractivity contribution is 0.0519. The first-order chi connectivity index (χ1) is 20.5. The Hall–Kier alpha value is -4.68. The van der Waals surface area contributed by atoms with Crippen LogP contribution in [0.5, 0.6) is 0 Å². The number of anilines is 3. The predicted molar refractivity (Wildman–Crippen MR) is 156 cm³/mol. The molecule has 0 aliphatic carbocycles. The van der Waals surface area contributed by atoms with Gasteiger partial charge in [0.05, 0.1) is 26.4 Å². The van der Waals surface area contributed by atoms with E-state index >= 15 is 0 Å². The molecule has 0 atom stereocenters. The van der Waals surface area contributed by atoms with Crippen molar-refractivity contribution in [1.29, 1.82) is 0 Å².